The van der Waals surface area contributed by atoms with Gasteiger partial charge in [-0.3, -0.25) is 9.69 Å². The standard InChI is InChI=1S/C20H23F2N3O3S/c1-20(2,3)28-19(27)25-9-5-4-6-16(25)17(26)24-18-23-15(11-29-18)12-7-8-13(21)14(22)10-12/h7-8,10-11,16H,4-6,9H2,1-3H3,(H,23,24,26)/t16-/m0/s1. The van der Waals surface area contributed by atoms with E-state index in [9.17, 15) is 18.4 Å². The average molecular weight is 423 g/mol. The van der Waals surface area contributed by atoms with E-state index in [0.717, 1.165) is 25.0 Å². The second kappa shape index (κ2) is 8.44. The minimum atomic E-state index is -0.962. The van der Waals surface area contributed by atoms with E-state index < -0.39 is 29.4 Å². The number of anilines is 1. The number of carbonyl (C=O) groups is 2. The van der Waals surface area contributed by atoms with Crippen LogP contribution in [0, 0.1) is 11.6 Å². The number of rotatable bonds is 3. The van der Waals surface area contributed by atoms with Crippen LogP contribution >= 0.6 is 11.3 Å². The van der Waals surface area contributed by atoms with Gasteiger partial charge in [0.15, 0.2) is 16.8 Å². The Balaban J connectivity index is 1.71. The molecular weight excluding hydrogens is 400 g/mol. The monoisotopic (exact) mass is 423 g/mol. The Kier molecular flexibility index (Phi) is 6.16. The van der Waals surface area contributed by atoms with Gasteiger partial charge in [-0.2, -0.15) is 0 Å². The lowest BCUT2D eigenvalue weighted by Crippen LogP contribution is -2.51. The lowest BCUT2D eigenvalue weighted by atomic mass is 10.0. The highest BCUT2D eigenvalue weighted by Crippen LogP contribution is 2.27. The Hall–Kier alpha value is -2.55. The van der Waals surface area contributed by atoms with E-state index in [1.54, 1.807) is 26.2 Å². The maximum absolute atomic E-state index is 13.4. The van der Waals surface area contributed by atoms with Gasteiger partial charge in [0, 0.05) is 17.5 Å². The van der Waals surface area contributed by atoms with Gasteiger partial charge in [-0.15, -0.1) is 11.3 Å². The number of nitrogens with one attached hydrogen (secondary N) is 1. The van der Waals surface area contributed by atoms with Crippen molar-refractivity contribution in [3.05, 3.63) is 35.2 Å². The Bertz CT molecular complexity index is 911. The van der Waals surface area contributed by atoms with E-state index in [4.69, 9.17) is 4.74 Å². The van der Waals surface area contributed by atoms with Crippen LogP contribution in [0.3, 0.4) is 0 Å². The largest absolute Gasteiger partial charge is 0.444 e. The Morgan fingerprint density at radius 3 is 2.69 bits per heavy atom. The SMILES string of the molecule is CC(C)(C)OC(=O)N1CCCC[C@H]1C(=O)Nc1nc(-c2ccc(F)c(F)c2)cs1. The summed E-state index contributed by atoms with van der Waals surface area (Å²) >= 11 is 1.17. The molecule has 29 heavy (non-hydrogen) atoms. The van der Waals surface area contributed by atoms with Gasteiger partial charge in [0.05, 0.1) is 5.69 Å². The van der Waals surface area contributed by atoms with Gasteiger partial charge < -0.3 is 10.1 Å². The van der Waals surface area contributed by atoms with E-state index in [0.29, 0.717) is 29.4 Å². The van der Waals surface area contributed by atoms with Crippen molar-refractivity contribution in [1.82, 2.24) is 9.88 Å². The quantitative estimate of drug-likeness (QED) is 0.769. The molecule has 1 aliphatic heterocycles. The van der Waals surface area contributed by atoms with E-state index in [1.807, 2.05) is 0 Å². The number of halogens is 2. The summed E-state index contributed by atoms with van der Waals surface area (Å²) in [4.78, 5) is 31.0. The molecule has 2 amide bonds. The summed E-state index contributed by atoms with van der Waals surface area (Å²) in [6.07, 6.45) is 1.65. The van der Waals surface area contributed by atoms with E-state index in [-0.39, 0.29) is 5.91 Å². The molecule has 0 bridgehead atoms. The van der Waals surface area contributed by atoms with Crippen LogP contribution < -0.4 is 5.32 Å². The summed E-state index contributed by atoms with van der Waals surface area (Å²) < 4.78 is 32.0. The Labute approximate surface area is 171 Å². The third kappa shape index (κ3) is 5.29. The van der Waals surface area contributed by atoms with E-state index >= 15 is 0 Å². The molecule has 0 saturated carbocycles. The summed E-state index contributed by atoms with van der Waals surface area (Å²) in [6.45, 7) is 5.78. The molecule has 2 aromatic rings. The highest BCUT2D eigenvalue weighted by molar-refractivity contribution is 7.14. The number of likely N-dealkylation sites (tertiary alicyclic amines) is 1. The van der Waals surface area contributed by atoms with E-state index in [2.05, 4.69) is 10.3 Å². The lowest BCUT2D eigenvalue weighted by Gasteiger charge is -2.35. The zero-order valence-corrected chi connectivity index (χ0v) is 17.3. The Morgan fingerprint density at radius 1 is 1.24 bits per heavy atom. The van der Waals surface area contributed by atoms with Crippen LogP contribution in [0.4, 0.5) is 18.7 Å². The van der Waals surface area contributed by atoms with Gasteiger partial charge in [-0.1, -0.05) is 0 Å². The van der Waals surface area contributed by atoms with Crippen LogP contribution in [0.25, 0.3) is 11.3 Å². The van der Waals surface area contributed by atoms with Crippen molar-refractivity contribution in [3.8, 4) is 11.3 Å². The molecule has 1 aliphatic rings. The van der Waals surface area contributed by atoms with Gasteiger partial charge >= 0.3 is 6.09 Å². The number of piperidine rings is 1. The predicted molar refractivity (Wildman–Crippen MR) is 107 cm³/mol. The Morgan fingerprint density at radius 2 is 2.00 bits per heavy atom. The van der Waals surface area contributed by atoms with Crippen LogP contribution in [0.2, 0.25) is 0 Å². The highest BCUT2D eigenvalue weighted by Gasteiger charge is 2.35. The summed E-state index contributed by atoms with van der Waals surface area (Å²) in [5.74, 6) is -2.24. The number of nitrogens with zero attached hydrogens (tertiary/aromatic N) is 2. The smallest absolute Gasteiger partial charge is 0.410 e. The molecule has 1 fully saturated rings. The van der Waals surface area contributed by atoms with Gasteiger partial charge in [-0.05, 0) is 58.2 Å². The second-order valence-corrected chi connectivity index (χ2v) is 8.70. The molecular formula is C20H23F2N3O3S. The van der Waals surface area contributed by atoms with Crippen LogP contribution in [0.5, 0.6) is 0 Å². The maximum Gasteiger partial charge on any atom is 0.410 e. The fourth-order valence-corrected chi connectivity index (χ4v) is 3.77. The molecule has 3 rings (SSSR count). The first-order valence-electron chi connectivity index (χ1n) is 9.35. The van der Waals surface area contributed by atoms with Gasteiger partial charge in [-0.25, -0.2) is 18.6 Å². The molecule has 1 aromatic carbocycles. The van der Waals surface area contributed by atoms with Crippen molar-refractivity contribution in [2.75, 3.05) is 11.9 Å². The third-order valence-corrected chi connectivity index (χ3v) is 5.14. The van der Waals surface area contributed by atoms with Crippen molar-refractivity contribution in [3.63, 3.8) is 0 Å². The van der Waals surface area contributed by atoms with Crippen molar-refractivity contribution in [2.45, 2.75) is 51.7 Å². The molecule has 0 aliphatic carbocycles. The van der Waals surface area contributed by atoms with Crippen LogP contribution in [0.1, 0.15) is 40.0 Å². The summed E-state index contributed by atoms with van der Waals surface area (Å²) in [5, 5.41) is 4.70. The molecule has 1 atom stereocenters. The fourth-order valence-electron chi connectivity index (χ4n) is 3.05. The number of aromatic nitrogens is 1. The fraction of sp³-hybridized carbons (Fsp3) is 0.450. The van der Waals surface area contributed by atoms with Gasteiger partial charge in [0.1, 0.15) is 11.6 Å². The normalized spacial score (nSPS) is 17.1. The molecule has 156 valence electrons. The number of hydrogen-bond donors (Lipinski definition) is 1. The number of carbonyl (C=O) groups excluding carboxylic acids is 2. The maximum atomic E-state index is 13.4. The number of ether oxygens (including phenoxy) is 1. The topological polar surface area (TPSA) is 71.5 Å². The highest BCUT2D eigenvalue weighted by atomic mass is 32.1. The first-order valence-corrected chi connectivity index (χ1v) is 10.2. The zero-order valence-electron chi connectivity index (χ0n) is 16.5. The molecule has 2 heterocycles. The van der Waals surface area contributed by atoms with Gasteiger partial charge in [0.25, 0.3) is 0 Å². The molecule has 0 unspecified atom stereocenters. The lowest BCUT2D eigenvalue weighted by molar-refractivity contribution is -0.122. The molecule has 1 saturated heterocycles. The van der Waals surface area contributed by atoms with Crippen molar-refractivity contribution >= 4 is 28.5 Å². The number of benzene rings is 1. The van der Waals surface area contributed by atoms with Crippen LogP contribution in [0.15, 0.2) is 23.6 Å². The van der Waals surface area contributed by atoms with Crippen molar-refractivity contribution in [1.29, 1.82) is 0 Å². The molecule has 9 heteroatoms. The average Bonchev–Trinajstić information content (AvgIpc) is 3.11. The molecule has 1 aromatic heterocycles. The number of thiazole rings is 1. The van der Waals surface area contributed by atoms with Crippen LogP contribution in [-0.2, 0) is 9.53 Å². The minimum absolute atomic E-state index is 0.324. The first kappa shape index (κ1) is 21.2. The second-order valence-electron chi connectivity index (χ2n) is 7.84. The predicted octanol–water partition coefficient (Wildman–Crippen LogP) is 4.82. The van der Waals surface area contributed by atoms with Crippen molar-refractivity contribution in [2.24, 2.45) is 0 Å². The van der Waals surface area contributed by atoms with E-state index in [1.165, 1.54) is 22.3 Å². The molecule has 1 N–H and O–H groups in total. The number of hydrogen-bond acceptors (Lipinski definition) is 5. The van der Waals surface area contributed by atoms with Gasteiger partial charge in [0.2, 0.25) is 5.91 Å². The summed E-state index contributed by atoms with van der Waals surface area (Å²) in [5.41, 5.74) is 0.190. The third-order valence-electron chi connectivity index (χ3n) is 4.38. The van der Waals surface area contributed by atoms with Crippen LogP contribution in [-0.4, -0.2) is 40.1 Å². The zero-order chi connectivity index (χ0) is 21.2. The van der Waals surface area contributed by atoms with Crippen molar-refractivity contribution < 1.29 is 23.1 Å². The molecule has 0 radical (unpaired) electrons. The summed E-state index contributed by atoms with van der Waals surface area (Å²) in [6, 6.07) is 2.86. The molecule has 0 spiro atoms. The first-order chi connectivity index (χ1) is 13.6. The summed E-state index contributed by atoms with van der Waals surface area (Å²) in [7, 11) is 0. The minimum Gasteiger partial charge on any atom is -0.444 e. The number of amides is 2. The molecule has 6 nitrogen and oxygen atoms in total.